The lowest BCUT2D eigenvalue weighted by Crippen LogP contribution is -2.12. The highest BCUT2D eigenvalue weighted by atomic mass is 32.1. The average molecular weight is 154 g/mol. The van der Waals surface area contributed by atoms with E-state index < -0.39 is 7.12 Å². The molecule has 52 valence electrons. The van der Waals surface area contributed by atoms with Crippen LogP contribution in [0.2, 0.25) is 0 Å². The maximum Gasteiger partial charge on any atom is 0.489 e. The summed E-state index contributed by atoms with van der Waals surface area (Å²) in [7, 11) is -1.43. The van der Waals surface area contributed by atoms with Gasteiger partial charge in [-0.25, -0.2) is 0 Å². The number of thiophene rings is 1. The van der Waals surface area contributed by atoms with Crippen molar-refractivity contribution in [2.45, 2.75) is 0 Å². The summed E-state index contributed by atoms with van der Waals surface area (Å²) in [5.74, 6) is 0. The molecule has 0 unspecified atom stereocenters. The van der Waals surface area contributed by atoms with Crippen LogP contribution in [0.25, 0.3) is 5.47 Å². The van der Waals surface area contributed by atoms with Gasteiger partial charge >= 0.3 is 7.12 Å². The Morgan fingerprint density at radius 1 is 1.60 bits per heavy atom. The van der Waals surface area contributed by atoms with Crippen LogP contribution in [0.3, 0.4) is 0 Å². The first-order chi connectivity index (χ1) is 4.72. The lowest BCUT2D eigenvalue weighted by molar-refractivity contribution is 0.427. The Hall–Kier alpha value is -0.575. The second-order valence-electron chi connectivity index (χ2n) is 1.88. The molecule has 2 N–H and O–H groups in total. The van der Waals surface area contributed by atoms with Crippen LogP contribution in [0.4, 0.5) is 0 Å². The molecule has 0 saturated carbocycles. The van der Waals surface area contributed by atoms with Gasteiger partial charge in [-0.1, -0.05) is 12.6 Å². The first-order valence-electron chi connectivity index (χ1n) is 2.80. The first kappa shape index (κ1) is 7.53. The van der Waals surface area contributed by atoms with Crippen LogP contribution < -0.4 is 0 Å². The minimum atomic E-state index is -1.43. The van der Waals surface area contributed by atoms with Gasteiger partial charge in [0.1, 0.15) is 0 Å². The largest absolute Gasteiger partial charge is 0.489 e. The van der Waals surface area contributed by atoms with Crippen molar-refractivity contribution in [1.29, 1.82) is 0 Å². The molecule has 0 saturated heterocycles. The van der Waals surface area contributed by atoms with Gasteiger partial charge in [0.25, 0.3) is 0 Å². The zero-order chi connectivity index (χ0) is 7.56. The Kier molecular flexibility index (Phi) is 2.27. The molecule has 1 aromatic rings. The molecule has 0 spiro atoms. The van der Waals surface area contributed by atoms with Gasteiger partial charge in [-0.15, -0.1) is 11.3 Å². The van der Waals surface area contributed by atoms with Gasteiger partial charge in [0.2, 0.25) is 0 Å². The average Bonchev–Trinajstić information content (AvgIpc) is 2.36. The van der Waals surface area contributed by atoms with E-state index in [1.165, 1.54) is 11.3 Å². The summed E-state index contributed by atoms with van der Waals surface area (Å²) in [4.78, 5) is 0.815. The number of hydrogen-bond acceptors (Lipinski definition) is 3. The Morgan fingerprint density at radius 2 is 2.30 bits per heavy atom. The van der Waals surface area contributed by atoms with Crippen molar-refractivity contribution in [1.82, 2.24) is 0 Å². The SMILES string of the molecule is C=C(B(O)O)c1cccs1. The van der Waals surface area contributed by atoms with Gasteiger partial charge in [-0.05, 0) is 16.9 Å². The second-order valence-corrected chi connectivity index (χ2v) is 2.82. The van der Waals surface area contributed by atoms with Crippen LogP contribution in [-0.4, -0.2) is 17.2 Å². The number of rotatable bonds is 2. The van der Waals surface area contributed by atoms with E-state index in [0.29, 0.717) is 5.47 Å². The lowest BCUT2D eigenvalue weighted by atomic mass is 9.80. The van der Waals surface area contributed by atoms with E-state index in [4.69, 9.17) is 10.0 Å². The molecule has 0 fully saturated rings. The van der Waals surface area contributed by atoms with Crippen molar-refractivity contribution >= 4 is 23.9 Å². The van der Waals surface area contributed by atoms with Crippen LogP contribution in [-0.2, 0) is 0 Å². The summed E-state index contributed by atoms with van der Waals surface area (Å²) in [6.07, 6.45) is 0. The van der Waals surface area contributed by atoms with Crippen LogP contribution >= 0.6 is 11.3 Å². The van der Waals surface area contributed by atoms with Crippen molar-refractivity contribution < 1.29 is 10.0 Å². The van der Waals surface area contributed by atoms with Gasteiger partial charge in [-0.2, -0.15) is 0 Å². The highest BCUT2D eigenvalue weighted by molar-refractivity contribution is 7.12. The van der Waals surface area contributed by atoms with Gasteiger partial charge in [0, 0.05) is 4.88 Å². The highest BCUT2D eigenvalue weighted by Gasteiger charge is 2.14. The molecule has 1 aromatic heterocycles. The fourth-order valence-electron chi connectivity index (χ4n) is 0.589. The van der Waals surface area contributed by atoms with E-state index >= 15 is 0 Å². The highest BCUT2D eigenvalue weighted by Crippen LogP contribution is 2.18. The molecule has 0 bridgehead atoms. The van der Waals surface area contributed by atoms with Crippen LogP contribution in [0, 0.1) is 0 Å². The van der Waals surface area contributed by atoms with Crippen molar-refractivity contribution in [2.24, 2.45) is 0 Å². The standard InChI is InChI=1S/C6H7BO2S/c1-5(7(8)9)6-3-2-4-10-6/h2-4,8-9H,1H2. The summed E-state index contributed by atoms with van der Waals surface area (Å²) in [6.45, 7) is 3.51. The Labute approximate surface area is 63.6 Å². The summed E-state index contributed by atoms with van der Waals surface area (Å²) in [5.41, 5.74) is 0.356. The fraction of sp³-hybridized carbons (Fsp3) is 0. The third-order valence-electron chi connectivity index (χ3n) is 1.15. The zero-order valence-electron chi connectivity index (χ0n) is 5.32. The van der Waals surface area contributed by atoms with E-state index in [2.05, 4.69) is 6.58 Å². The molecule has 1 rings (SSSR count). The van der Waals surface area contributed by atoms with Crippen LogP contribution in [0.1, 0.15) is 4.88 Å². The molecule has 0 atom stereocenters. The first-order valence-corrected chi connectivity index (χ1v) is 3.68. The Bertz CT molecular complexity index is 218. The van der Waals surface area contributed by atoms with Crippen molar-refractivity contribution in [3.05, 3.63) is 29.0 Å². The third kappa shape index (κ3) is 1.47. The van der Waals surface area contributed by atoms with E-state index in [1.54, 1.807) is 6.07 Å². The third-order valence-corrected chi connectivity index (χ3v) is 2.09. The molecule has 0 aliphatic carbocycles. The van der Waals surface area contributed by atoms with Crippen molar-refractivity contribution in [3.63, 3.8) is 0 Å². The lowest BCUT2D eigenvalue weighted by Gasteiger charge is -1.97. The monoisotopic (exact) mass is 154 g/mol. The summed E-state index contributed by atoms with van der Waals surface area (Å²) < 4.78 is 0. The molecule has 1 heterocycles. The summed E-state index contributed by atoms with van der Waals surface area (Å²) in [5, 5.41) is 19.2. The minimum absolute atomic E-state index is 0.356. The molecule has 0 aliphatic heterocycles. The quantitative estimate of drug-likeness (QED) is 0.617. The topological polar surface area (TPSA) is 40.5 Å². The normalized spacial score (nSPS) is 9.40. The van der Waals surface area contributed by atoms with Crippen LogP contribution in [0.5, 0.6) is 0 Å². The predicted octanol–water partition coefficient (Wildman–Crippen LogP) is 0.773. The fourth-order valence-corrected chi connectivity index (χ4v) is 1.31. The molecule has 4 heteroatoms. The van der Waals surface area contributed by atoms with Crippen molar-refractivity contribution in [2.75, 3.05) is 0 Å². The molecular weight excluding hydrogens is 147 g/mol. The zero-order valence-corrected chi connectivity index (χ0v) is 6.14. The molecule has 0 aliphatic rings. The predicted molar refractivity (Wildman–Crippen MR) is 43.5 cm³/mol. The molecule has 2 nitrogen and oxygen atoms in total. The molecule has 10 heavy (non-hydrogen) atoms. The maximum atomic E-state index is 8.66. The van der Waals surface area contributed by atoms with Crippen LogP contribution in [0.15, 0.2) is 24.1 Å². The minimum Gasteiger partial charge on any atom is -0.423 e. The molecular formula is C6H7BO2S. The van der Waals surface area contributed by atoms with Gasteiger partial charge in [-0.3, -0.25) is 0 Å². The Balaban J connectivity index is 2.78. The van der Waals surface area contributed by atoms with E-state index in [1.807, 2.05) is 11.4 Å². The number of hydrogen-bond donors (Lipinski definition) is 2. The second kappa shape index (κ2) is 3.01. The van der Waals surface area contributed by atoms with E-state index in [0.717, 1.165) is 4.88 Å². The summed E-state index contributed by atoms with van der Waals surface area (Å²) in [6, 6.07) is 3.64. The summed E-state index contributed by atoms with van der Waals surface area (Å²) >= 11 is 1.44. The van der Waals surface area contributed by atoms with E-state index in [9.17, 15) is 0 Å². The molecule has 0 amide bonds. The molecule has 0 aromatic carbocycles. The smallest absolute Gasteiger partial charge is 0.423 e. The Morgan fingerprint density at radius 3 is 2.70 bits per heavy atom. The maximum absolute atomic E-state index is 8.66. The van der Waals surface area contributed by atoms with Gasteiger partial charge < -0.3 is 10.0 Å². The molecule has 0 radical (unpaired) electrons. The van der Waals surface area contributed by atoms with Gasteiger partial charge in [0.05, 0.1) is 0 Å². The van der Waals surface area contributed by atoms with Crippen molar-refractivity contribution in [3.8, 4) is 0 Å². The van der Waals surface area contributed by atoms with E-state index in [-0.39, 0.29) is 0 Å². The van der Waals surface area contributed by atoms with Gasteiger partial charge in [0.15, 0.2) is 0 Å².